The molecule has 3 aromatic rings. The van der Waals surface area contributed by atoms with Crippen molar-refractivity contribution in [2.75, 3.05) is 31.6 Å². The van der Waals surface area contributed by atoms with Crippen LogP contribution in [0.1, 0.15) is 10.4 Å². The van der Waals surface area contributed by atoms with E-state index < -0.39 is 16.0 Å². The molecule has 31 heavy (non-hydrogen) atoms. The number of anilines is 2. The SMILES string of the molecule is O=C(O)c1ccc(Br)cc1Nc1c(S(=O)(=O)N2CCOCC2)cnc2ccc(Cl)cc12. The average molecular weight is 527 g/mol. The van der Waals surface area contributed by atoms with Gasteiger partial charge in [0, 0.05) is 34.2 Å². The number of carbonyl (C=O) groups is 1. The Labute approximate surface area is 192 Å². The van der Waals surface area contributed by atoms with Gasteiger partial charge < -0.3 is 15.2 Å². The molecule has 0 atom stereocenters. The average Bonchev–Trinajstić information content (AvgIpc) is 2.74. The van der Waals surface area contributed by atoms with E-state index in [0.29, 0.717) is 33.6 Å². The number of hydrogen-bond donors (Lipinski definition) is 2. The zero-order valence-corrected chi connectivity index (χ0v) is 19.2. The van der Waals surface area contributed by atoms with Crippen molar-refractivity contribution >= 4 is 65.8 Å². The van der Waals surface area contributed by atoms with Crippen LogP contribution in [0.15, 0.2) is 52.0 Å². The predicted octanol–water partition coefficient (Wildman–Crippen LogP) is 4.11. The first-order valence-corrected chi connectivity index (χ1v) is 11.8. The van der Waals surface area contributed by atoms with Gasteiger partial charge in [0.05, 0.1) is 35.7 Å². The van der Waals surface area contributed by atoms with Crippen molar-refractivity contribution in [3.05, 3.63) is 57.7 Å². The van der Waals surface area contributed by atoms with Gasteiger partial charge in [-0.3, -0.25) is 4.98 Å². The third-order valence-electron chi connectivity index (χ3n) is 4.85. The molecule has 4 rings (SSSR count). The lowest BCUT2D eigenvalue weighted by Crippen LogP contribution is -2.40. The lowest BCUT2D eigenvalue weighted by Gasteiger charge is -2.27. The van der Waals surface area contributed by atoms with Crippen LogP contribution in [0.4, 0.5) is 11.4 Å². The molecule has 0 radical (unpaired) electrons. The number of morpholine rings is 1. The summed E-state index contributed by atoms with van der Waals surface area (Å²) in [6, 6.07) is 9.53. The van der Waals surface area contributed by atoms with Crippen molar-refractivity contribution in [1.82, 2.24) is 9.29 Å². The van der Waals surface area contributed by atoms with E-state index in [1.165, 1.54) is 16.6 Å². The first kappa shape index (κ1) is 22.0. The first-order chi connectivity index (χ1) is 14.8. The topological polar surface area (TPSA) is 109 Å². The Bertz CT molecular complexity index is 1280. The largest absolute Gasteiger partial charge is 0.478 e. The van der Waals surface area contributed by atoms with E-state index in [0.717, 1.165) is 0 Å². The van der Waals surface area contributed by atoms with E-state index in [1.54, 1.807) is 30.3 Å². The van der Waals surface area contributed by atoms with E-state index in [-0.39, 0.29) is 34.9 Å². The molecule has 11 heteroatoms. The van der Waals surface area contributed by atoms with Gasteiger partial charge in [-0.25, -0.2) is 13.2 Å². The highest BCUT2D eigenvalue weighted by Crippen LogP contribution is 2.36. The van der Waals surface area contributed by atoms with Gasteiger partial charge in [0.2, 0.25) is 10.0 Å². The highest BCUT2D eigenvalue weighted by molar-refractivity contribution is 9.10. The Hall–Kier alpha value is -2.24. The van der Waals surface area contributed by atoms with Crippen molar-refractivity contribution < 1.29 is 23.1 Å². The number of hydrogen-bond acceptors (Lipinski definition) is 6. The molecule has 162 valence electrons. The molecule has 8 nitrogen and oxygen atoms in total. The summed E-state index contributed by atoms with van der Waals surface area (Å²) in [5, 5.41) is 13.5. The number of pyridine rings is 1. The number of benzene rings is 2. The van der Waals surface area contributed by atoms with E-state index in [2.05, 4.69) is 26.2 Å². The van der Waals surface area contributed by atoms with Crippen molar-refractivity contribution in [2.24, 2.45) is 0 Å². The van der Waals surface area contributed by atoms with E-state index >= 15 is 0 Å². The van der Waals surface area contributed by atoms with E-state index in [1.807, 2.05) is 0 Å². The Morgan fingerprint density at radius 3 is 2.65 bits per heavy atom. The molecule has 2 heterocycles. The van der Waals surface area contributed by atoms with Crippen LogP contribution in [-0.4, -0.2) is 55.1 Å². The number of ether oxygens (including phenoxy) is 1. The fraction of sp³-hybridized carbons (Fsp3) is 0.200. The molecule has 2 N–H and O–H groups in total. The number of carboxylic acids is 1. The molecule has 0 saturated carbocycles. The number of carboxylic acid groups (broad SMARTS) is 1. The van der Waals surface area contributed by atoms with Crippen molar-refractivity contribution in [3.63, 3.8) is 0 Å². The summed E-state index contributed by atoms with van der Waals surface area (Å²) < 4.78 is 34.1. The summed E-state index contributed by atoms with van der Waals surface area (Å²) >= 11 is 9.52. The highest BCUT2D eigenvalue weighted by atomic mass is 79.9. The summed E-state index contributed by atoms with van der Waals surface area (Å²) in [4.78, 5) is 16.0. The fourth-order valence-corrected chi connectivity index (χ4v) is 5.38. The Morgan fingerprint density at radius 2 is 1.94 bits per heavy atom. The summed E-state index contributed by atoms with van der Waals surface area (Å²) in [6.45, 7) is 1.02. The minimum atomic E-state index is -3.93. The van der Waals surface area contributed by atoms with E-state index in [9.17, 15) is 18.3 Å². The van der Waals surface area contributed by atoms with Crippen LogP contribution < -0.4 is 5.32 Å². The third-order valence-corrected chi connectivity index (χ3v) is 7.49. The standard InChI is InChI=1S/C20H17BrClN3O5S/c21-12-1-3-14(20(26)27)17(9-12)24-19-15-10-13(22)2-4-16(15)23-11-18(19)31(28,29)25-5-7-30-8-6-25/h1-4,9-11H,5-8H2,(H,23,24)(H,26,27). The van der Waals surface area contributed by atoms with E-state index in [4.69, 9.17) is 16.3 Å². The molecule has 1 saturated heterocycles. The van der Waals surface area contributed by atoms with Crippen LogP contribution >= 0.6 is 27.5 Å². The molecule has 0 aliphatic carbocycles. The second-order valence-corrected chi connectivity index (χ2v) is 10.1. The maximum Gasteiger partial charge on any atom is 0.337 e. The number of aromatic carboxylic acids is 1. The number of sulfonamides is 1. The van der Waals surface area contributed by atoms with Gasteiger partial charge in [0.15, 0.2) is 0 Å². The Kier molecular flexibility index (Phi) is 6.18. The van der Waals surface area contributed by atoms with Gasteiger partial charge in [-0.2, -0.15) is 4.31 Å². The first-order valence-electron chi connectivity index (χ1n) is 9.23. The number of halogens is 2. The van der Waals surface area contributed by atoms with Crippen LogP contribution in [0.2, 0.25) is 5.02 Å². The Balaban J connectivity index is 1.94. The summed E-state index contributed by atoms with van der Waals surface area (Å²) in [7, 11) is -3.93. The van der Waals surface area contributed by atoms with Gasteiger partial charge in [-0.1, -0.05) is 27.5 Å². The molecular weight excluding hydrogens is 510 g/mol. The van der Waals surface area contributed by atoms with Crippen molar-refractivity contribution in [2.45, 2.75) is 4.90 Å². The van der Waals surface area contributed by atoms with Crippen LogP contribution in [0, 0.1) is 0 Å². The van der Waals surface area contributed by atoms with Gasteiger partial charge in [0.25, 0.3) is 0 Å². The zero-order chi connectivity index (χ0) is 22.2. The highest BCUT2D eigenvalue weighted by Gasteiger charge is 2.30. The molecule has 1 aromatic heterocycles. The van der Waals surface area contributed by atoms with Crippen LogP contribution in [-0.2, 0) is 14.8 Å². The number of rotatable bonds is 5. The maximum absolute atomic E-state index is 13.4. The zero-order valence-electron chi connectivity index (χ0n) is 16.0. The van der Waals surface area contributed by atoms with Gasteiger partial charge in [-0.15, -0.1) is 0 Å². The van der Waals surface area contributed by atoms with Crippen LogP contribution in [0.5, 0.6) is 0 Å². The number of aromatic nitrogens is 1. The number of nitrogens with zero attached hydrogens (tertiary/aromatic N) is 2. The minimum absolute atomic E-state index is 0.00934. The summed E-state index contributed by atoms with van der Waals surface area (Å²) in [5.74, 6) is -1.15. The third kappa shape index (κ3) is 4.39. The van der Waals surface area contributed by atoms with Crippen molar-refractivity contribution in [1.29, 1.82) is 0 Å². The molecule has 0 bridgehead atoms. The van der Waals surface area contributed by atoms with Gasteiger partial charge in [0.1, 0.15) is 4.90 Å². The Morgan fingerprint density at radius 1 is 1.19 bits per heavy atom. The van der Waals surface area contributed by atoms with Crippen LogP contribution in [0.25, 0.3) is 10.9 Å². The number of fused-ring (bicyclic) bond motifs is 1. The summed E-state index contributed by atoms with van der Waals surface area (Å²) in [5.41, 5.74) is 0.942. The molecular formula is C20H17BrClN3O5S. The lowest BCUT2D eigenvalue weighted by atomic mass is 10.1. The molecule has 0 unspecified atom stereocenters. The van der Waals surface area contributed by atoms with Gasteiger partial charge >= 0.3 is 5.97 Å². The van der Waals surface area contributed by atoms with Crippen LogP contribution in [0.3, 0.4) is 0 Å². The molecule has 1 aliphatic rings. The molecule has 1 aliphatic heterocycles. The molecule has 0 spiro atoms. The quantitative estimate of drug-likeness (QED) is 0.515. The molecule has 0 amide bonds. The molecule has 2 aromatic carbocycles. The number of nitrogens with one attached hydrogen (secondary N) is 1. The second-order valence-electron chi connectivity index (χ2n) is 6.80. The van der Waals surface area contributed by atoms with Gasteiger partial charge in [-0.05, 0) is 36.4 Å². The molecule has 1 fully saturated rings. The predicted molar refractivity (Wildman–Crippen MR) is 121 cm³/mol. The second kappa shape index (κ2) is 8.71. The maximum atomic E-state index is 13.4. The lowest BCUT2D eigenvalue weighted by molar-refractivity contribution is 0.0698. The minimum Gasteiger partial charge on any atom is -0.478 e. The normalized spacial score (nSPS) is 15.2. The smallest absolute Gasteiger partial charge is 0.337 e. The monoisotopic (exact) mass is 525 g/mol. The van der Waals surface area contributed by atoms with Crippen molar-refractivity contribution in [3.8, 4) is 0 Å². The fourth-order valence-electron chi connectivity index (χ4n) is 3.34. The summed E-state index contributed by atoms with van der Waals surface area (Å²) in [6.07, 6.45) is 1.28.